The fourth-order valence-electron chi connectivity index (χ4n) is 1.64. The van der Waals surface area contributed by atoms with Crippen LogP contribution in [0.25, 0.3) is 5.69 Å². The van der Waals surface area contributed by atoms with Crippen molar-refractivity contribution in [2.24, 2.45) is 5.73 Å². The lowest BCUT2D eigenvalue weighted by Gasteiger charge is -2.05. The molecular weight excluding hydrogens is 202 g/mol. The van der Waals surface area contributed by atoms with Crippen LogP contribution in [-0.2, 0) is 6.54 Å². The first-order valence-corrected chi connectivity index (χ1v) is 5.14. The lowest BCUT2D eigenvalue weighted by atomic mass is 10.3. The Morgan fingerprint density at radius 1 is 1.31 bits per heavy atom. The van der Waals surface area contributed by atoms with Crippen LogP contribution in [-0.4, -0.2) is 16.7 Å². The highest BCUT2D eigenvalue weighted by Crippen LogP contribution is 2.16. The Morgan fingerprint density at radius 2 is 2.00 bits per heavy atom. The van der Waals surface area contributed by atoms with Gasteiger partial charge in [0.2, 0.25) is 0 Å². The molecule has 0 radical (unpaired) electrons. The smallest absolute Gasteiger partial charge is 0.119 e. The Hall–Kier alpha value is -1.81. The quantitative estimate of drug-likeness (QED) is 0.850. The maximum absolute atomic E-state index is 5.56. The number of hydrogen-bond donors (Lipinski definition) is 1. The van der Waals surface area contributed by atoms with Crippen molar-refractivity contribution in [3.63, 3.8) is 0 Å². The molecule has 2 rings (SSSR count). The molecule has 0 aliphatic heterocycles. The van der Waals surface area contributed by atoms with Crippen LogP contribution in [0.2, 0.25) is 0 Å². The van der Waals surface area contributed by atoms with E-state index in [9.17, 15) is 0 Å². The van der Waals surface area contributed by atoms with Crippen LogP contribution in [0.5, 0.6) is 5.75 Å². The van der Waals surface area contributed by atoms with Gasteiger partial charge >= 0.3 is 0 Å². The third kappa shape index (κ3) is 1.92. The maximum atomic E-state index is 5.56. The second-order valence-corrected chi connectivity index (χ2v) is 3.55. The van der Waals surface area contributed by atoms with Crippen molar-refractivity contribution in [3.05, 3.63) is 42.0 Å². The molecule has 0 saturated heterocycles. The van der Waals surface area contributed by atoms with E-state index in [-0.39, 0.29) is 0 Å². The first-order chi connectivity index (χ1) is 7.74. The topological polar surface area (TPSA) is 53.1 Å². The molecule has 84 valence electrons. The summed E-state index contributed by atoms with van der Waals surface area (Å²) in [6.45, 7) is 2.42. The number of hydrogen-bond acceptors (Lipinski definition) is 3. The molecule has 0 spiro atoms. The number of methoxy groups -OCH3 is 1. The van der Waals surface area contributed by atoms with Crippen LogP contribution < -0.4 is 10.5 Å². The van der Waals surface area contributed by atoms with Gasteiger partial charge < -0.3 is 15.0 Å². The Kier molecular flexibility index (Phi) is 2.92. The number of nitrogens with zero attached hydrogens (tertiary/aromatic N) is 2. The van der Waals surface area contributed by atoms with E-state index >= 15 is 0 Å². The van der Waals surface area contributed by atoms with Crippen LogP contribution in [0.4, 0.5) is 0 Å². The van der Waals surface area contributed by atoms with Gasteiger partial charge in [-0.1, -0.05) is 0 Å². The molecule has 0 aliphatic carbocycles. The van der Waals surface area contributed by atoms with Gasteiger partial charge in [0, 0.05) is 18.4 Å². The summed E-state index contributed by atoms with van der Waals surface area (Å²) in [5.41, 5.74) is 7.52. The summed E-state index contributed by atoms with van der Waals surface area (Å²) >= 11 is 0. The second-order valence-electron chi connectivity index (χ2n) is 3.55. The van der Waals surface area contributed by atoms with Crippen molar-refractivity contribution in [3.8, 4) is 11.4 Å². The predicted octanol–water partition coefficient (Wildman–Crippen LogP) is 1.65. The average Bonchev–Trinajstić information content (AvgIpc) is 2.71. The molecule has 2 aromatic rings. The summed E-state index contributed by atoms with van der Waals surface area (Å²) in [7, 11) is 1.66. The van der Waals surface area contributed by atoms with E-state index in [1.54, 1.807) is 7.11 Å². The van der Waals surface area contributed by atoms with Crippen LogP contribution in [0, 0.1) is 6.92 Å². The van der Waals surface area contributed by atoms with E-state index in [2.05, 4.69) is 4.98 Å². The standard InChI is InChI=1S/C12H15N3O/c1-9-14-10(7-13)8-15(9)11-3-5-12(16-2)6-4-11/h3-6,8H,7,13H2,1-2H3. The molecule has 0 fully saturated rings. The van der Waals surface area contributed by atoms with E-state index in [4.69, 9.17) is 10.5 Å². The average molecular weight is 217 g/mol. The normalized spacial score (nSPS) is 10.4. The molecule has 4 heteroatoms. The number of aryl methyl sites for hydroxylation is 1. The molecule has 0 aliphatic rings. The first-order valence-electron chi connectivity index (χ1n) is 5.14. The summed E-state index contributed by atoms with van der Waals surface area (Å²) in [5.74, 6) is 1.78. The van der Waals surface area contributed by atoms with Crippen molar-refractivity contribution in [1.29, 1.82) is 0 Å². The molecule has 0 saturated carbocycles. The number of aromatic nitrogens is 2. The fraction of sp³-hybridized carbons (Fsp3) is 0.250. The molecule has 1 aromatic heterocycles. The number of ether oxygens (including phenoxy) is 1. The molecule has 0 amide bonds. The predicted molar refractivity (Wildman–Crippen MR) is 62.7 cm³/mol. The van der Waals surface area contributed by atoms with E-state index < -0.39 is 0 Å². The lowest BCUT2D eigenvalue weighted by Crippen LogP contribution is -1.96. The molecule has 2 N–H and O–H groups in total. The van der Waals surface area contributed by atoms with Gasteiger partial charge in [-0.2, -0.15) is 0 Å². The summed E-state index contributed by atoms with van der Waals surface area (Å²) in [5, 5.41) is 0. The number of imidazole rings is 1. The van der Waals surface area contributed by atoms with Gasteiger partial charge in [-0.3, -0.25) is 0 Å². The van der Waals surface area contributed by atoms with Gasteiger partial charge in [-0.15, -0.1) is 0 Å². The van der Waals surface area contributed by atoms with E-state index in [1.807, 2.05) is 42.0 Å². The third-order valence-corrected chi connectivity index (χ3v) is 2.49. The highest BCUT2D eigenvalue weighted by atomic mass is 16.5. The van der Waals surface area contributed by atoms with Crippen molar-refractivity contribution >= 4 is 0 Å². The van der Waals surface area contributed by atoms with Crippen LogP contribution in [0.3, 0.4) is 0 Å². The fourth-order valence-corrected chi connectivity index (χ4v) is 1.64. The summed E-state index contributed by atoms with van der Waals surface area (Å²) in [4.78, 5) is 4.35. The largest absolute Gasteiger partial charge is 0.497 e. The highest BCUT2D eigenvalue weighted by Gasteiger charge is 2.04. The molecular formula is C12H15N3O. The summed E-state index contributed by atoms with van der Waals surface area (Å²) in [6, 6.07) is 7.84. The first kappa shape index (κ1) is 10.7. The minimum Gasteiger partial charge on any atom is -0.497 e. The Morgan fingerprint density at radius 3 is 2.50 bits per heavy atom. The Balaban J connectivity index is 2.38. The highest BCUT2D eigenvalue weighted by molar-refractivity contribution is 5.38. The SMILES string of the molecule is COc1ccc(-n2cc(CN)nc2C)cc1. The Labute approximate surface area is 94.7 Å². The number of nitrogens with two attached hydrogens (primary N) is 1. The van der Waals surface area contributed by atoms with Gasteiger partial charge in [0.15, 0.2) is 0 Å². The second kappa shape index (κ2) is 4.37. The number of benzene rings is 1. The van der Waals surface area contributed by atoms with Gasteiger partial charge in [0.25, 0.3) is 0 Å². The lowest BCUT2D eigenvalue weighted by molar-refractivity contribution is 0.414. The maximum Gasteiger partial charge on any atom is 0.119 e. The van der Waals surface area contributed by atoms with Crippen molar-refractivity contribution < 1.29 is 4.74 Å². The Bertz CT molecular complexity index is 474. The molecule has 1 heterocycles. The van der Waals surface area contributed by atoms with Crippen LogP contribution in [0.1, 0.15) is 11.5 Å². The zero-order chi connectivity index (χ0) is 11.5. The third-order valence-electron chi connectivity index (χ3n) is 2.49. The zero-order valence-electron chi connectivity index (χ0n) is 9.47. The minimum atomic E-state index is 0.462. The van der Waals surface area contributed by atoms with Gasteiger partial charge in [-0.05, 0) is 31.2 Å². The van der Waals surface area contributed by atoms with E-state index in [0.29, 0.717) is 6.54 Å². The van der Waals surface area contributed by atoms with E-state index in [1.165, 1.54) is 0 Å². The van der Waals surface area contributed by atoms with Crippen molar-refractivity contribution in [2.75, 3.05) is 7.11 Å². The van der Waals surface area contributed by atoms with Gasteiger partial charge in [0.05, 0.1) is 12.8 Å². The molecule has 0 unspecified atom stereocenters. The zero-order valence-corrected chi connectivity index (χ0v) is 9.47. The van der Waals surface area contributed by atoms with Crippen molar-refractivity contribution in [2.45, 2.75) is 13.5 Å². The van der Waals surface area contributed by atoms with Crippen molar-refractivity contribution in [1.82, 2.24) is 9.55 Å². The van der Waals surface area contributed by atoms with Crippen LogP contribution in [0.15, 0.2) is 30.5 Å². The van der Waals surface area contributed by atoms with Gasteiger partial charge in [0.1, 0.15) is 11.6 Å². The minimum absolute atomic E-state index is 0.462. The summed E-state index contributed by atoms with van der Waals surface area (Å²) in [6.07, 6.45) is 1.96. The molecule has 1 aromatic carbocycles. The van der Waals surface area contributed by atoms with Crippen LogP contribution >= 0.6 is 0 Å². The molecule has 16 heavy (non-hydrogen) atoms. The monoisotopic (exact) mass is 217 g/mol. The molecule has 0 bridgehead atoms. The number of rotatable bonds is 3. The molecule has 4 nitrogen and oxygen atoms in total. The van der Waals surface area contributed by atoms with E-state index in [0.717, 1.165) is 23.0 Å². The molecule has 0 atom stereocenters. The summed E-state index contributed by atoms with van der Waals surface area (Å²) < 4.78 is 7.13. The van der Waals surface area contributed by atoms with Gasteiger partial charge in [-0.25, -0.2) is 4.98 Å².